The van der Waals surface area contributed by atoms with Crippen molar-refractivity contribution in [1.82, 2.24) is 0 Å². The van der Waals surface area contributed by atoms with Crippen molar-refractivity contribution >= 4 is 17.4 Å². The minimum absolute atomic E-state index is 0.0831. The molecule has 0 amide bonds. The number of ether oxygens (including phenoxy) is 2. The molecule has 0 atom stereocenters. The van der Waals surface area contributed by atoms with E-state index in [0.29, 0.717) is 17.9 Å². The Morgan fingerprint density at radius 3 is 2.37 bits per heavy atom. The Kier molecular flexibility index (Phi) is 8.34. The van der Waals surface area contributed by atoms with Gasteiger partial charge in [0.05, 0.1) is 12.3 Å². The fourth-order valence-corrected chi connectivity index (χ4v) is 2.95. The van der Waals surface area contributed by atoms with E-state index in [9.17, 15) is 15.1 Å². The molecule has 0 aliphatic heterocycles. The Balaban J connectivity index is 2.23. The SMILES string of the molecule is CCCOc1cc(C(COc2ccc(C(=O)O)c(O)c2)=NO)ccc1N(CC)CC. The number of rotatable bonds is 11. The summed E-state index contributed by atoms with van der Waals surface area (Å²) < 4.78 is 11.5. The van der Waals surface area contributed by atoms with Crippen LogP contribution in [0, 0.1) is 0 Å². The first-order valence-corrected chi connectivity index (χ1v) is 9.87. The molecule has 8 nitrogen and oxygen atoms in total. The number of hydrogen-bond acceptors (Lipinski definition) is 7. The standard InChI is InChI=1S/C22H28N2O6/c1-4-11-29-21-12-15(7-10-19(21)24(5-2)6-3)18(23-28)14-30-16-8-9-17(22(26)27)20(25)13-16/h7-10,12-13,25,28H,4-6,11,14H2,1-3H3,(H,26,27). The highest BCUT2D eigenvalue weighted by Crippen LogP contribution is 2.30. The van der Waals surface area contributed by atoms with E-state index < -0.39 is 11.7 Å². The zero-order valence-corrected chi connectivity index (χ0v) is 17.5. The van der Waals surface area contributed by atoms with Crippen molar-refractivity contribution in [2.75, 3.05) is 31.2 Å². The van der Waals surface area contributed by atoms with Crippen LogP contribution in [0.1, 0.15) is 43.1 Å². The predicted molar refractivity (Wildman–Crippen MR) is 115 cm³/mol. The lowest BCUT2D eigenvalue weighted by Gasteiger charge is -2.24. The molecular weight excluding hydrogens is 388 g/mol. The van der Waals surface area contributed by atoms with Crippen molar-refractivity contribution in [3.05, 3.63) is 47.5 Å². The third-order valence-corrected chi connectivity index (χ3v) is 4.55. The lowest BCUT2D eigenvalue weighted by Crippen LogP contribution is -2.23. The molecule has 2 aromatic rings. The van der Waals surface area contributed by atoms with E-state index in [-0.39, 0.29) is 23.6 Å². The Morgan fingerprint density at radius 1 is 1.07 bits per heavy atom. The predicted octanol–water partition coefficient (Wildman–Crippen LogP) is 3.98. The maximum atomic E-state index is 11.0. The number of anilines is 1. The van der Waals surface area contributed by atoms with E-state index >= 15 is 0 Å². The van der Waals surface area contributed by atoms with Gasteiger partial charge in [0.2, 0.25) is 0 Å². The molecule has 0 aromatic heterocycles. The second-order valence-corrected chi connectivity index (χ2v) is 6.52. The lowest BCUT2D eigenvalue weighted by molar-refractivity contribution is 0.0693. The summed E-state index contributed by atoms with van der Waals surface area (Å²) in [6, 6.07) is 9.45. The number of carboxylic acids is 1. The van der Waals surface area contributed by atoms with Gasteiger partial charge in [-0.1, -0.05) is 18.1 Å². The van der Waals surface area contributed by atoms with Crippen LogP contribution >= 0.6 is 0 Å². The van der Waals surface area contributed by atoms with Crippen LogP contribution in [0.2, 0.25) is 0 Å². The Labute approximate surface area is 176 Å². The van der Waals surface area contributed by atoms with E-state index in [4.69, 9.17) is 14.6 Å². The monoisotopic (exact) mass is 416 g/mol. The van der Waals surface area contributed by atoms with Crippen LogP contribution in [-0.4, -0.2) is 53.4 Å². The number of hydrogen-bond donors (Lipinski definition) is 3. The number of nitrogens with zero attached hydrogens (tertiary/aromatic N) is 2. The molecule has 0 radical (unpaired) electrons. The smallest absolute Gasteiger partial charge is 0.339 e. The summed E-state index contributed by atoms with van der Waals surface area (Å²) in [7, 11) is 0. The van der Waals surface area contributed by atoms with Crippen LogP contribution in [0.25, 0.3) is 0 Å². The quantitative estimate of drug-likeness (QED) is 0.288. The second-order valence-electron chi connectivity index (χ2n) is 6.52. The molecule has 0 saturated carbocycles. The molecule has 0 fully saturated rings. The van der Waals surface area contributed by atoms with Gasteiger partial charge in [0.1, 0.15) is 35.1 Å². The summed E-state index contributed by atoms with van der Waals surface area (Å²) in [5.74, 6) is -0.686. The van der Waals surface area contributed by atoms with Crippen LogP contribution in [0.15, 0.2) is 41.6 Å². The molecule has 0 heterocycles. The molecule has 2 aromatic carbocycles. The van der Waals surface area contributed by atoms with Crippen LogP contribution in [-0.2, 0) is 0 Å². The zero-order chi connectivity index (χ0) is 22.1. The van der Waals surface area contributed by atoms with E-state index in [1.165, 1.54) is 18.2 Å². The van der Waals surface area contributed by atoms with E-state index in [1.807, 2.05) is 25.1 Å². The fraction of sp³-hybridized carbons (Fsp3) is 0.364. The molecule has 0 saturated heterocycles. The first-order valence-electron chi connectivity index (χ1n) is 9.87. The molecule has 30 heavy (non-hydrogen) atoms. The maximum Gasteiger partial charge on any atom is 0.339 e. The van der Waals surface area contributed by atoms with Gasteiger partial charge in [-0.25, -0.2) is 4.79 Å². The van der Waals surface area contributed by atoms with Gasteiger partial charge in [-0.2, -0.15) is 0 Å². The summed E-state index contributed by atoms with van der Waals surface area (Å²) in [5, 5.41) is 31.6. The topological polar surface area (TPSA) is 112 Å². The molecule has 0 spiro atoms. The van der Waals surface area contributed by atoms with E-state index in [2.05, 4.69) is 23.9 Å². The number of benzene rings is 2. The van der Waals surface area contributed by atoms with Crippen LogP contribution < -0.4 is 14.4 Å². The molecule has 3 N–H and O–H groups in total. The molecule has 162 valence electrons. The van der Waals surface area contributed by atoms with Gasteiger partial charge < -0.3 is 29.8 Å². The fourth-order valence-electron chi connectivity index (χ4n) is 2.95. The highest BCUT2D eigenvalue weighted by Gasteiger charge is 2.15. The number of carboxylic acid groups (broad SMARTS) is 1. The van der Waals surface area contributed by atoms with E-state index in [0.717, 1.165) is 25.2 Å². The Hall–Kier alpha value is -3.42. The number of phenols is 1. The zero-order valence-electron chi connectivity index (χ0n) is 17.5. The van der Waals surface area contributed by atoms with Gasteiger partial charge in [0.15, 0.2) is 0 Å². The molecule has 0 aliphatic rings. The van der Waals surface area contributed by atoms with Crippen LogP contribution in [0.3, 0.4) is 0 Å². The second kappa shape index (κ2) is 10.9. The van der Waals surface area contributed by atoms with E-state index in [1.54, 1.807) is 0 Å². The molecule has 8 heteroatoms. The number of aromatic carboxylic acids is 1. The average Bonchev–Trinajstić information content (AvgIpc) is 2.74. The largest absolute Gasteiger partial charge is 0.507 e. The number of carbonyl (C=O) groups is 1. The maximum absolute atomic E-state index is 11.0. The van der Waals surface area contributed by atoms with Gasteiger partial charge in [-0.3, -0.25) is 0 Å². The Bertz CT molecular complexity index is 893. The number of oxime groups is 1. The summed E-state index contributed by atoms with van der Waals surface area (Å²) in [6.07, 6.45) is 0.863. The van der Waals surface area contributed by atoms with Crippen molar-refractivity contribution in [3.8, 4) is 17.2 Å². The average molecular weight is 416 g/mol. The highest BCUT2D eigenvalue weighted by atomic mass is 16.5. The lowest BCUT2D eigenvalue weighted by atomic mass is 10.1. The van der Waals surface area contributed by atoms with Crippen molar-refractivity contribution in [2.24, 2.45) is 5.16 Å². The van der Waals surface area contributed by atoms with Crippen molar-refractivity contribution in [1.29, 1.82) is 0 Å². The number of aromatic hydroxyl groups is 1. The molecule has 0 unspecified atom stereocenters. The van der Waals surface area contributed by atoms with Crippen LogP contribution in [0.5, 0.6) is 17.2 Å². The summed E-state index contributed by atoms with van der Waals surface area (Å²) in [6.45, 7) is 8.31. The summed E-state index contributed by atoms with van der Waals surface area (Å²) in [5.41, 5.74) is 1.64. The first kappa shape index (κ1) is 22.9. The van der Waals surface area contributed by atoms with Crippen LogP contribution in [0.4, 0.5) is 5.69 Å². The van der Waals surface area contributed by atoms with Gasteiger partial charge in [-0.05, 0) is 44.5 Å². The van der Waals surface area contributed by atoms with Crippen molar-refractivity contribution in [2.45, 2.75) is 27.2 Å². The minimum atomic E-state index is -1.23. The molecular formula is C22H28N2O6. The highest BCUT2D eigenvalue weighted by molar-refractivity contribution is 6.02. The van der Waals surface area contributed by atoms with Crippen molar-refractivity contribution in [3.63, 3.8) is 0 Å². The van der Waals surface area contributed by atoms with Gasteiger partial charge in [0, 0.05) is 24.7 Å². The molecule has 0 bridgehead atoms. The molecule has 0 aliphatic carbocycles. The first-order chi connectivity index (χ1) is 14.4. The summed E-state index contributed by atoms with van der Waals surface area (Å²) in [4.78, 5) is 13.2. The molecule has 2 rings (SSSR count). The van der Waals surface area contributed by atoms with Gasteiger partial charge >= 0.3 is 5.97 Å². The third kappa shape index (κ3) is 5.56. The van der Waals surface area contributed by atoms with Crippen molar-refractivity contribution < 1.29 is 29.7 Å². The van der Waals surface area contributed by atoms with Gasteiger partial charge in [-0.15, -0.1) is 0 Å². The van der Waals surface area contributed by atoms with Gasteiger partial charge in [0.25, 0.3) is 0 Å². The normalized spacial score (nSPS) is 11.2. The third-order valence-electron chi connectivity index (χ3n) is 4.55. The minimum Gasteiger partial charge on any atom is -0.507 e. The Morgan fingerprint density at radius 2 is 1.80 bits per heavy atom. The summed E-state index contributed by atoms with van der Waals surface area (Å²) >= 11 is 0.